The van der Waals surface area contributed by atoms with Gasteiger partial charge in [0.15, 0.2) is 0 Å². The van der Waals surface area contributed by atoms with E-state index in [1.54, 1.807) is 10.9 Å². The van der Waals surface area contributed by atoms with Gasteiger partial charge in [-0.1, -0.05) is 51.7 Å². The van der Waals surface area contributed by atoms with E-state index < -0.39 is 0 Å². The lowest BCUT2D eigenvalue weighted by molar-refractivity contribution is 0.467. The zero-order chi connectivity index (χ0) is 17.6. The molecule has 3 aromatic rings. The fraction of sp³-hybridized carbons (Fsp3) is 0.429. The lowest BCUT2D eigenvalue weighted by Gasteiger charge is -2.07. The molecule has 1 aromatic heterocycles. The molecule has 0 aliphatic rings. The highest BCUT2D eigenvalue weighted by Crippen LogP contribution is 2.24. The third kappa shape index (κ3) is 4.19. The highest BCUT2D eigenvalue weighted by molar-refractivity contribution is 5.75. The Morgan fingerprint density at radius 2 is 1.56 bits per heavy atom. The van der Waals surface area contributed by atoms with E-state index in [0.29, 0.717) is 5.69 Å². The molecule has 0 aliphatic carbocycles. The van der Waals surface area contributed by atoms with E-state index in [1.165, 1.54) is 36.8 Å². The van der Waals surface area contributed by atoms with Gasteiger partial charge in [-0.15, -0.1) is 15.0 Å². The highest BCUT2D eigenvalue weighted by atomic mass is 16.3. The minimum Gasteiger partial charge on any atom is -0.506 e. The summed E-state index contributed by atoms with van der Waals surface area (Å²) in [6, 6.07) is 12.0. The smallest absolute Gasteiger partial charge is 0.143 e. The number of benzene rings is 2. The first-order valence-electron chi connectivity index (χ1n) is 9.39. The number of hydrogen-bond acceptors (Lipinski definition) is 3. The molecule has 0 saturated heterocycles. The summed E-state index contributed by atoms with van der Waals surface area (Å²) < 4.78 is 0. The second-order valence-electron chi connectivity index (χ2n) is 6.70. The molecule has 0 fully saturated rings. The van der Waals surface area contributed by atoms with Crippen LogP contribution in [0.25, 0.3) is 16.7 Å². The Balaban J connectivity index is 1.85. The zero-order valence-corrected chi connectivity index (χ0v) is 15.2. The van der Waals surface area contributed by atoms with Gasteiger partial charge in [-0.3, -0.25) is 0 Å². The average Bonchev–Trinajstić information content (AvgIpc) is 3.03. The fourth-order valence-electron chi connectivity index (χ4n) is 3.15. The van der Waals surface area contributed by atoms with E-state index in [0.717, 1.165) is 30.3 Å². The molecular formula is C21H27N3O. The van der Waals surface area contributed by atoms with Crippen LogP contribution < -0.4 is 0 Å². The molecule has 1 heterocycles. The molecule has 0 unspecified atom stereocenters. The van der Waals surface area contributed by atoms with Gasteiger partial charge < -0.3 is 5.11 Å². The van der Waals surface area contributed by atoms with E-state index in [-0.39, 0.29) is 5.75 Å². The van der Waals surface area contributed by atoms with E-state index in [9.17, 15) is 5.11 Å². The van der Waals surface area contributed by atoms with Gasteiger partial charge in [0.2, 0.25) is 0 Å². The number of aryl methyl sites for hydroxylation is 2. The number of hydrogen-bond donors (Lipinski definition) is 1. The molecule has 0 amide bonds. The van der Waals surface area contributed by atoms with Crippen molar-refractivity contribution >= 4 is 11.0 Å². The van der Waals surface area contributed by atoms with E-state index in [4.69, 9.17) is 0 Å². The zero-order valence-electron chi connectivity index (χ0n) is 15.2. The summed E-state index contributed by atoms with van der Waals surface area (Å²) >= 11 is 0. The Morgan fingerprint density at radius 1 is 0.800 bits per heavy atom. The molecule has 0 aliphatic heterocycles. The molecule has 3 rings (SSSR count). The van der Waals surface area contributed by atoms with Crippen molar-refractivity contribution in [2.75, 3.05) is 0 Å². The first-order chi connectivity index (χ1) is 12.2. The molecule has 2 aromatic carbocycles. The van der Waals surface area contributed by atoms with Crippen molar-refractivity contribution < 1.29 is 5.11 Å². The topological polar surface area (TPSA) is 50.9 Å². The largest absolute Gasteiger partial charge is 0.506 e. The van der Waals surface area contributed by atoms with Crippen molar-refractivity contribution in [1.82, 2.24) is 15.0 Å². The minimum atomic E-state index is 0.214. The van der Waals surface area contributed by atoms with Gasteiger partial charge in [0.05, 0.1) is 0 Å². The quantitative estimate of drug-likeness (QED) is 0.575. The Kier molecular flexibility index (Phi) is 5.69. The van der Waals surface area contributed by atoms with Gasteiger partial charge in [0.1, 0.15) is 22.5 Å². The number of aromatic hydroxyl groups is 1. The number of nitrogens with zero attached hydrogens (tertiary/aromatic N) is 3. The van der Waals surface area contributed by atoms with Crippen LogP contribution in [0.2, 0.25) is 0 Å². The van der Waals surface area contributed by atoms with Crippen molar-refractivity contribution in [2.45, 2.75) is 58.8 Å². The summed E-state index contributed by atoms with van der Waals surface area (Å²) in [5.74, 6) is 0.214. The van der Waals surface area contributed by atoms with Crippen LogP contribution in [0.15, 0.2) is 36.4 Å². The maximum atomic E-state index is 10.3. The molecule has 1 N–H and O–H groups in total. The van der Waals surface area contributed by atoms with Crippen LogP contribution in [0.1, 0.15) is 57.1 Å². The monoisotopic (exact) mass is 337 g/mol. The molecule has 132 valence electrons. The predicted molar refractivity (Wildman–Crippen MR) is 102 cm³/mol. The molecule has 0 radical (unpaired) electrons. The number of unbranched alkanes of at least 4 members (excludes halogenated alkanes) is 3. The van der Waals surface area contributed by atoms with Crippen LogP contribution in [0.4, 0.5) is 0 Å². The highest BCUT2D eigenvalue weighted by Gasteiger charge is 2.10. The lowest BCUT2D eigenvalue weighted by atomic mass is 10.1. The summed E-state index contributed by atoms with van der Waals surface area (Å²) in [7, 11) is 0. The van der Waals surface area contributed by atoms with Crippen LogP contribution in [0.5, 0.6) is 5.75 Å². The third-order valence-electron chi connectivity index (χ3n) is 4.56. The van der Waals surface area contributed by atoms with Crippen LogP contribution >= 0.6 is 0 Å². The lowest BCUT2D eigenvalue weighted by Crippen LogP contribution is -2.00. The van der Waals surface area contributed by atoms with Crippen LogP contribution in [-0.2, 0) is 12.8 Å². The van der Waals surface area contributed by atoms with Gasteiger partial charge >= 0.3 is 0 Å². The summed E-state index contributed by atoms with van der Waals surface area (Å²) in [4.78, 5) is 1.56. The molecule has 4 nitrogen and oxygen atoms in total. The minimum absolute atomic E-state index is 0.214. The van der Waals surface area contributed by atoms with Gasteiger partial charge in [-0.25, -0.2) is 0 Å². The van der Waals surface area contributed by atoms with Crippen LogP contribution in [-0.4, -0.2) is 20.1 Å². The molecule has 0 saturated carbocycles. The fourth-order valence-corrected chi connectivity index (χ4v) is 3.15. The first kappa shape index (κ1) is 17.5. The predicted octanol–water partition coefficient (Wildman–Crippen LogP) is 5.20. The SMILES string of the molecule is CCCCCCc1ccc(O)c(-n2nc3ccc(CCC)cc3n2)c1. The summed E-state index contributed by atoms with van der Waals surface area (Å²) in [5, 5.41) is 19.4. The first-order valence-corrected chi connectivity index (χ1v) is 9.39. The third-order valence-corrected chi connectivity index (χ3v) is 4.56. The van der Waals surface area contributed by atoms with E-state index in [1.807, 2.05) is 18.2 Å². The molecule has 0 bridgehead atoms. The van der Waals surface area contributed by atoms with Crippen molar-refractivity contribution in [2.24, 2.45) is 0 Å². The summed E-state index contributed by atoms with van der Waals surface area (Å²) in [6.45, 7) is 4.39. The Morgan fingerprint density at radius 3 is 2.36 bits per heavy atom. The second kappa shape index (κ2) is 8.15. The van der Waals surface area contributed by atoms with Crippen molar-refractivity contribution in [3.8, 4) is 11.4 Å². The van der Waals surface area contributed by atoms with Crippen molar-refractivity contribution in [1.29, 1.82) is 0 Å². The van der Waals surface area contributed by atoms with E-state index in [2.05, 4.69) is 36.2 Å². The van der Waals surface area contributed by atoms with Gasteiger partial charge in [-0.2, -0.15) is 0 Å². The maximum Gasteiger partial charge on any atom is 0.143 e. The Hall–Kier alpha value is -2.36. The number of phenolic OH excluding ortho intramolecular Hbond substituents is 1. The van der Waals surface area contributed by atoms with Gasteiger partial charge in [-0.05, 0) is 54.7 Å². The normalized spacial score (nSPS) is 11.3. The summed E-state index contributed by atoms with van der Waals surface area (Å²) in [5.41, 5.74) is 4.88. The molecule has 4 heteroatoms. The van der Waals surface area contributed by atoms with Crippen molar-refractivity contribution in [3.05, 3.63) is 47.5 Å². The van der Waals surface area contributed by atoms with E-state index >= 15 is 0 Å². The molecule has 25 heavy (non-hydrogen) atoms. The van der Waals surface area contributed by atoms with Crippen LogP contribution in [0, 0.1) is 0 Å². The number of aromatic nitrogens is 3. The standard InChI is InChI=1S/C21H27N3O/c1-3-5-6-7-9-17-11-13-21(25)20(15-17)24-22-18-12-10-16(8-4-2)14-19(18)23-24/h10-15,25H,3-9H2,1-2H3. The number of fused-ring (bicyclic) bond motifs is 1. The summed E-state index contributed by atoms with van der Waals surface area (Å²) in [6.07, 6.45) is 8.11. The van der Waals surface area contributed by atoms with Crippen molar-refractivity contribution in [3.63, 3.8) is 0 Å². The van der Waals surface area contributed by atoms with Crippen LogP contribution in [0.3, 0.4) is 0 Å². The Bertz CT molecular complexity index is 838. The molecule has 0 spiro atoms. The number of phenols is 1. The second-order valence-corrected chi connectivity index (χ2v) is 6.70. The number of rotatable bonds is 8. The Labute approximate surface area is 149 Å². The average molecular weight is 337 g/mol. The molecular weight excluding hydrogens is 310 g/mol. The molecule has 0 atom stereocenters. The van der Waals surface area contributed by atoms with Gasteiger partial charge in [0, 0.05) is 0 Å². The maximum absolute atomic E-state index is 10.3. The van der Waals surface area contributed by atoms with Gasteiger partial charge in [0.25, 0.3) is 0 Å².